The Kier molecular flexibility index (Phi) is 5.26. The highest BCUT2D eigenvalue weighted by atomic mass is 35.5. The lowest BCUT2D eigenvalue weighted by molar-refractivity contribution is -0.131. The van der Waals surface area contributed by atoms with Crippen molar-refractivity contribution in [3.63, 3.8) is 0 Å². The number of aliphatic hydroxyl groups is 1. The van der Waals surface area contributed by atoms with Crippen LogP contribution in [0.2, 0.25) is 5.02 Å². The first-order chi connectivity index (χ1) is 9.19. The van der Waals surface area contributed by atoms with Gasteiger partial charge >= 0.3 is 0 Å². The molecule has 19 heavy (non-hydrogen) atoms. The highest BCUT2D eigenvalue weighted by Gasteiger charge is 2.40. The van der Waals surface area contributed by atoms with Crippen LogP contribution in [0.1, 0.15) is 57.1 Å². The zero-order valence-corrected chi connectivity index (χ0v) is 12.3. The molecule has 2 nitrogen and oxygen atoms in total. The van der Waals surface area contributed by atoms with E-state index in [2.05, 4.69) is 0 Å². The van der Waals surface area contributed by atoms with Crippen molar-refractivity contribution < 1.29 is 9.84 Å². The Hall–Kier alpha value is -0.570. The van der Waals surface area contributed by atoms with Gasteiger partial charge in [0.05, 0.1) is 5.60 Å². The SMILES string of the molecule is CCOC1(C(O)c2ccccc2Cl)CCCCCC1. The third-order valence-electron chi connectivity index (χ3n) is 4.08. The summed E-state index contributed by atoms with van der Waals surface area (Å²) >= 11 is 6.23. The van der Waals surface area contributed by atoms with Gasteiger partial charge in [-0.25, -0.2) is 0 Å². The summed E-state index contributed by atoms with van der Waals surface area (Å²) in [5.41, 5.74) is 0.329. The minimum Gasteiger partial charge on any atom is -0.385 e. The Balaban J connectivity index is 2.29. The fourth-order valence-electron chi connectivity index (χ4n) is 3.09. The fraction of sp³-hybridized carbons (Fsp3) is 0.625. The largest absolute Gasteiger partial charge is 0.385 e. The molecule has 3 heteroatoms. The van der Waals surface area contributed by atoms with Gasteiger partial charge in [-0.1, -0.05) is 55.5 Å². The van der Waals surface area contributed by atoms with Crippen LogP contribution in [0.15, 0.2) is 24.3 Å². The molecular formula is C16H23ClO2. The van der Waals surface area contributed by atoms with Gasteiger partial charge in [0.2, 0.25) is 0 Å². The number of halogens is 1. The van der Waals surface area contributed by atoms with E-state index >= 15 is 0 Å². The maximum absolute atomic E-state index is 10.8. The highest BCUT2D eigenvalue weighted by Crippen LogP contribution is 2.42. The van der Waals surface area contributed by atoms with E-state index < -0.39 is 11.7 Å². The van der Waals surface area contributed by atoms with E-state index in [0.29, 0.717) is 11.6 Å². The zero-order valence-electron chi connectivity index (χ0n) is 11.6. The van der Waals surface area contributed by atoms with E-state index in [9.17, 15) is 5.11 Å². The van der Waals surface area contributed by atoms with E-state index in [1.807, 2.05) is 31.2 Å². The molecule has 1 N–H and O–H groups in total. The van der Waals surface area contributed by atoms with E-state index in [4.69, 9.17) is 16.3 Å². The molecule has 0 aromatic heterocycles. The summed E-state index contributed by atoms with van der Waals surface area (Å²) in [6, 6.07) is 7.54. The van der Waals surface area contributed by atoms with Crippen molar-refractivity contribution >= 4 is 11.6 Å². The van der Waals surface area contributed by atoms with Gasteiger partial charge < -0.3 is 9.84 Å². The Morgan fingerprint density at radius 1 is 1.21 bits per heavy atom. The Bertz CT molecular complexity index is 397. The Morgan fingerprint density at radius 2 is 1.84 bits per heavy atom. The lowest BCUT2D eigenvalue weighted by Gasteiger charge is -2.37. The Morgan fingerprint density at radius 3 is 2.42 bits per heavy atom. The van der Waals surface area contributed by atoms with Crippen LogP contribution >= 0.6 is 11.6 Å². The average Bonchev–Trinajstić information content (AvgIpc) is 2.66. The minimum atomic E-state index is -0.640. The second kappa shape index (κ2) is 6.74. The average molecular weight is 283 g/mol. The lowest BCUT2D eigenvalue weighted by Crippen LogP contribution is -2.39. The van der Waals surface area contributed by atoms with Gasteiger partial charge in [-0.2, -0.15) is 0 Å². The van der Waals surface area contributed by atoms with E-state index in [1.165, 1.54) is 12.8 Å². The van der Waals surface area contributed by atoms with Crippen molar-refractivity contribution in [3.8, 4) is 0 Å². The number of hydrogen-bond acceptors (Lipinski definition) is 2. The van der Waals surface area contributed by atoms with Crippen molar-refractivity contribution in [2.45, 2.75) is 57.2 Å². The zero-order chi connectivity index (χ0) is 13.7. The molecule has 1 unspecified atom stereocenters. The van der Waals surface area contributed by atoms with Crippen molar-refractivity contribution in [1.82, 2.24) is 0 Å². The molecule has 1 fully saturated rings. The fourth-order valence-corrected chi connectivity index (χ4v) is 3.33. The normalized spacial score (nSPS) is 20.8. The first kappa shape index (κ1) is 14.8. The maximum atomic E-state index is 10.8. The molecule has 1 aliphatic carbocycles. The van der Waals surface area contributed by atoms with Crippen LogP contribution in [0.3, 0.4) is 0 Å². The molecule has 2 rings (SSSR count). The summed E-state index contributed by atoms with van der Waals surface area (Å²) in [6.45, 7) is 2.62. The number of benzene rings is 1. The molecule has 0 radical (unpaired) electrons. The second-order valence-corrected chi connectivity index (χ2v) is 5.74. The summed E-state index contributed by atoms with van der Waals surface area (Å²) in [5, 5.41) is 11.4. The quantitative estimate of drug-likeness (QED) is 0.824. The summed E-state index contributed by atoms with van der Waals surface area (Å²) < 4.78 is 6.01. The molecule has 0 amide bonds. The number of ether oxygens (including phenoxy) is 1. The van der Waals surface area contributed by atoms with Crippen LogP contribution in [0.4, 0.5) is 0 Å². The van der Waals surface area contributed by atoms with Gasteiger partial charge in [0, 0.05) is 17.2 Å². The molecule has 0 spiro atoms. The third kappa shape index (κ3) is 3.31. The summed E-state index contributed by atoms with van der Waals surface area (Å²) in [6.07, 6.45) is 5.86. The maximum Gasteiger partial charge on any atom is 0.109 e. The van der Waals surface area contributed by atoms with Crippen LogP contribution in [-0.4, -0.2) is 17.3 Å². The monoisotopic (exact) mass is 282 g/mol. The van der Waals surface area contributed by atoms with Crippen LogP contribution in [0, 0.1) is 0 Å². The van der Waals surface area contributed by atoms with Gasteiger partial charge in [-0.15, -0.1) is 0 Å². The number of aliphatic hydroxyl groups excluding tert-OH is 1. The lowest BCUT2D eigenvalue weighted by atomic mass is 9.84. The van der Waals surface area contributed by atoms with Crippen molar-refractivity contribution in [2.75, 3.05) is 6.61 Å². The van der Waals surface area contributed by atoms with Crippen molar-refractivity contribution in [3.05, 3.63) is 34.9 Å². The standard InChI is InChI=1S/C16H23ClO2/c1-2-19-16(11-7-3-4-8-12-16)15(18)13-9-5-6-10-14(13)17/h5-6,9-10,15,18H,2-4,7-8,11-12H2,1H3. The molecule has 1 aromatic carbocycles. The topological polar surface area (TPSA) is 29.5 Å². The molecule has 0 bridgehead atoms. The predicted octanol–water partition coefficient (Wildman–Crippen LogP) is 4.50. The molecule has 1 atom stereocenters. The summed E-state index contributed by atoms with van der Waals surface area (Å²) in [4.78, 5) is 0. The molecule has 1 aromatic rings. The van der Waals surface area contributed by atoms with Crippen LogP contribution in [0.25, 0.3) is 0 Å². The molecule has 0 saturated heterocycles. The minimum absolute atomic E-state index is 0.462. The van der Waals surface area contributed by atoms with Crippen LogP contribution < -0.4 is 0 Å². The predicted molar refractivity (Wildman–Crippen MR) is 78.5 cm³/mol. The van der Waals surface area contributed by atoms with Gasteiger partial charge in [-0.3, -0.25) is 0 Å². The molecule has 1 aliphatic rings. The second-order valence-electron chi connectivity index (χ2n) is 5.34. The van der Waals surface area contributed by atoms with Gasteiger partial charge in [0.15, 0.2) is 0 Å². The van der Waals surface area contributed by atoms with Crippen LogP contribution in [-0.2, 0) is 4.74 Å². The molecule has 0 heterocycles. The van der Waals surface area contributed by atoms with Crippen LogP contribution in [0.5, 0.6) is 0 Å². The third-order valence-corrected chi connectivity index (χ3v) is 4.42. The highest BCUT2D eigenvalue weighted by molar-refractivity contribution is 6.31. The van der Waals surface area contributed by atoms with Crippen molar-refractivity contribution in [2.24, 2.45) is 0 Å². The van der Waals surface area contributed by atoms with E-state index in [-0.39, 0.29) is 0 Å². The first-order valence-electron chi connectivity index (χ1n) is 7.26. The van der Waals surface area contributed by atoms with Gasteiger partial charge in [0.1, 0.15) is 6.10 Å². The molecule has 0 aliphatic heterocycles. The number of rotatable bonds is 4. The Labute approximate surface area is 120 Å². The van der Waals surface area contributed by atoms with Crippen molar-refractivity contribution in [1.29, 1.82) is 0 Å². The van der Waals surface area contributed by atoms with Gasteiger partial charge in [-0.05, 0) is 25.8 Å². The molecular weight excluding hydrogens is 260 g/mol. The smallest absolute Gasteiger partial charge is 0.109 e. The summed E-state index contributed by atoms with van der Waals surface area (Å²) in [5.74, 6) is 0. The molecule has 106 valence electrons. The van der Waals surface area contributed by atoms with E-state index in [0.717, 1.165) is 31.2 Å². The first-order valence-corrected chi connectivity index (χ1v) is 7.64. The number of hydrogen-bond donors (Lipinski definition) is 1. The van der Waals surface area contributed by atoms with E-state index in [1.54, 1.807) is 0 Å². The van der Waals surface area contributed by atoms with Gasteiger partial charge in [0.25, 0.3) is 0 Å². The summed E-state index contributed by atoms with van der Waals surface area (Å²) in [7, 11) is 0. The molecule has 1 saturated carbocycles.